The van der Waals surface area contributed by atoms with Crippen LogP contribution in [0.2, 0.25) is 5.02 Å². The predicted molar refractivity (Wildman–Crippen MR) is 122 cm³/mol. The molecular formula is C22H25ClN4O4S. The lowest BCUT2D eigenvalue weighted by molar-refractivity contribution is -0.121. The quantitative estimate of drug-likeness (QED) is 0.731. The number of hydrogen-bond donors (Lipinski definition) is 1. The SMILES string of the molecule is CC(=O)N1c2ccc(S(=O)(=O)N3CCC[C@@H](C(=O)Nc4ccc(Cl)cn4)C3)cc2C[C@@H]1C. The van der Waals surface area contributed by atoms with Crippen molar-refractivity contribution in [2.75, 3.05) is 23.3 Å². The maximum atomic E-state index is 13.3. The third-order valence-electron chi connectivity index (χ3n) is 5.98. The van der Waals surface area contributed by atoms with Gasteiger partial charge in [0.15, 0.2) is 0 Å². The summed E-state index contributed by atoms with van der Waals surface area (Å²) in [6.45, 7) is 3.92. The minimum atomic E-state index is -3.77. The number of fused-ring (bicyclic) bond motifs is 1. The van der Waals surface area contributed by atoms with E-state index in [9.17, 15) is 18.0 Å². The first-order chi connectivity index (χ1) is 15.2. The van der Waals surface area contributed by atoms with Gasteiger partial charge in [-0.15, -0.1) is 0 Å². The second kappa shape index (κ2) is 8.80. The fraction of sp³-hybridized carbons (Fsp3) is 0.409. The van der Waals surface area contributed by atoms with Gasteiger partial charge in [0.2, 0.25) is 21.8 Å². The highest BCUT2D eigenvalue weighted by molar-refractivity contribution is 7.89. The van der Waals surface area contributed by atoms with Gasteiger partial charge in [-0.05, 0) is 62.1 Å². The lowest BCUT2D eigenvalue weighted by Gasteiger charge is -2.31. The second-order valence-corrected chi connectivity index (χ2v) is 10.7. The molecule has 0 spiro atoms. The van der Waals surface area contributed by atoms with Gasteiger partial charge in [0.25, 0.3) is 0 Å². The zero-order valence-electron chi connectivity index (χ0n) is 17.9. The van der Waals surface area contributed by atoms with Crippen LogP contribution >= 0.6 is 11.6 Å². The number of pyridine rings is 1. The number of piperidine rings is 1. The van der Waals surface area contributed by atoms with Crippen molar-refractivity contribution in [1.29, 1.82) is 0 Å². The molecule has 2 atom stereocenters. The molecule has 2 aromatic rings. The monoisotopic (exact) mass is 476 g/mol. The van der Waals surface area contributed by atoms with E-state index in [4.69, 9.17) is 11.6 Å². The molecule has 0 aliphatic carbocycles. The Kier molecular flexibility index (Phi) is 6.24. The third-order valence-corrected chi connectivity index (χ3v) is 8.06. The van der Waals surface area contributed by atoms with Gasteiger partial charge in [-0.2, -0.15) is 4.31 Å². The van der Waals surface area contributed by atoms with Crippen molar-refractivity contribution in [3.63, 3.8) is 0 Å². The Morgan fingerprint density at radius 1 is 1.22 bits per heavy atom. The van der Waals surface area contributed by atoms with Gasteiger partial charge in [-0.1, -0.05) is 11.6 Å². The zero-order chi connectivity index (χ0) is 23.0. The largest absolute Gasteiger partial charge is 0.310 e. The number of amides is 2. The molecule has 1 fully saturated rings. The minimum absolute atomic E-state index is 0.00926. The summed E-state index contributed by atoms with van der Waals surface area (Å²) in [7, 11) is -3.77. The van der Waals surface area contributed by atoms with Crippen LogP contribution in [0.15, 0.2) is 41.4 Å². The first-order valence-electron chi connectivity index (χ1n) is 10.5. The molecule has 4 rings (SSSR count). The van der Waals surface area contributed by atoms with Gasteiger partial charge in [0.1, 0.15) is 5.82 Å². The van der Waals surface area contributed by atoms with Crippen molar-refractivity contribution in [3.05, 3.63) is 47.1 Å². The van der Waals surface area contributed by atoms with Crippen molar-refractivity contribution in [2.45, 2.75) is 44.0 Å². The molecule has 2 aliphatic rings. The first-order valence-corrected chi connectivity index (χ1v) is 12.3. The average Bonchev–Trinajstić information content (AvgIpc) is 3.10. The highest BCUT2D eigenvalue weighted by Crippen LogP contribution is 2.35. The number of nitrogens with zero attached hydrogens (tertiary/aromatic N) is 3. The number of hydrogen-bond acceptors (Lipinski definition) is 5. The van der Waals surface area contributed by atoms with E-state index in [2.05, 4.69) is 10.3 Å². The number of carbonyl (C=O) groups is 2. The Bertz CT molecular complexity index is 1150. The maximum absolute atomic E-state index is 13.3. The number of anilines is 2. The highest BCUT2D eigenvalue weighted by atomic mass is 35.5. The number of benzene rings is 1. The van der Waals surface area contributed by atoms with Crippen LogP contribution in [0.25, 0.3) is 0 Å². The summed E-state index contributed by atoms with van der Waals surface area (Å²) < 4.78 is 28.0. The molecule has 0 saturated carbocycles. The van der Waals surface area contributed by atoms with Crippen LogP contribution in [0.5, 0.6) is 0 Å². The molecule has 2 aliphatic heterocycles. The van der Waals surface area contributed by atoms with Crippen molar-refractivity contribution in [2.24, 2.45) is 5.92 Å². The van der Waals surface area contributed by atoms with Crippen LogP contribution in [-0.2, 0) is 26.0 Å². The molecule has 170 valence electrons. The van der Waals surface area contributed by atoms with Gasteiger partial charge in [-0.3, -0.25) is 9.59 Å². The smallest absolute Gasteiger partial charge is 0.243 e. The third kappa shape index (κ3) is 4.37. The van der Waals surface area contributed by atoms with Crippen LogP contribution in [0.1, 0.15) is 32.3 Å². The van der Waals surface area contributed by atoms with Crippen LogP contribution in [0.4, 0.5) is 11.5 Å². The summed E-state index contributed by atoms with van der Waals surface area (Å²) in [6, 6.07) is 8.13. The van der Waals surface area contributed by atoms with Crippen LogP contribution in [0, 0.1) is 5.92 Å². The van der Waals surface area contributed by atoms with E-state index in [0.29, 0.717) is 36.6 Å². The molecule has 10 heteroatoms. The van der Waals surface area contributed by atoms with Gasteiger partial charge in [0, 0.05) is 37.9 Å². The topological polar surface area (TPSA) is 99.7 Å². The van der Waals surface area contributed by atoms with Crippen molar-refractivity contribution >= 4 is 44.9 Å². The lowest BCUT2D eigenvalue weighted by atomic mass is 9.99. The number of aromatic nitrogens is 1. The van der Waals surface area contributed by atoms with Gasteiger partial charge in [-0.25, -0.2) is 13.4 Å². The van der Waals surface area contributed by atoms with Crippen molar-refractivity contribution < 1.29 is 18.0 Å². The minimum Gasteiger partial charge on any atom is -0.310 e. The van der Waals surface area contributed by atoms with E-state index in [1.165, 1.54) is 17.4 Å². The van der Waals surface area contributed by atoms with E-state index in [1.807, 2.05) is 6.92 Å². The van der Waals surface area contributed by atoms with Crippen LogP contribution in [-0.4, -0.2) is 48.7 Å². The van der Waals surface area contributed by atoms with Gasteiger partial charge < -0.3 is 10.2 Å². The second-order valence-electron chi connectivity index (χ2n) is 8.29. The fourth-order valence-corrected chi connectivity index (χ4v) is 6.14. The summed E-state index contributed by atoms with van der Waals surface area (Å²) >= 11 is 5.82. The Hall–Kier alpha value is -2.49. The molecular weight excluding hydrogens is 452 g/mol. The first kappa shape index (κ1) is 22.7. The number of sulfonamides is 1. The molecule has 1 aromatic carbocycles. The Balaban J connectivity index is 1.50. The zero-order valence-corrected chi connectivity index (χ0v) is 19.5. The molecule has 2 amide bonds. The van der Waals surface area contributed by atoms with Crippen LogP contribution in [0.3, 0.4) is 0 Å². The molecule has 0 bridgehead atoms. The molecule has 0 radical (unpaired) electrons. The molecule has 1 aromatic heterocycles. The predicted octanol–water partition coefficient (Wildman–Crippen LogP) is 3.07. The van der Waals surface area contributed by atoms with Crippen molar-refractivity contribution in [3.8, 4) is 0 Å². The van der Waals surface area contributed by atoms with E-state index in [1.54, 1.807) is 35.2 Å². The number of carbonyl (C=O) groups excluding carboxylic acids is 2. The van der Waals surface area contributed by atoms with Crippen LogP contribution < -0.4 is 10.2 Å². The Labute approximate surface area is 192 Å². The number of halogens is 1. The summed E-state index contributed by atoms with van der Waals surface area (Å²) in [5.74, 6) is -0.424. The highest BCUT2D eigenvalue weighted by Gasteiger charge is 2.35. The molecule has 32 heavy (non-hydrogen) atoms. The summed E-state index contributed by atoms with van der Waals surface area (Å²) in [6.07, 6.45) is 3.24. The summed E-state index contributed by atoms with van der Waals surface area (Å²) in [5, 5.41) is 3.20. The molecule has 0 unspecified atom stereocenters. The van der Waals surface area contributed by atoms with E-state index in [0.717, 1.165) is 11.3 Å². The maximum Gasteiger partial charge on any atom is 0.243 e. The standard InChI is InChI=1S/C22H25ClN4O4S/c1-14-10-17-11-19(6-7-20(17)27(14)15(2)28)32(30,31)26-9-3-4-16(13-26)22(29)25-21-8-5-18(23)12-24-21/h5-8,11-12,14,16H,3-4,9-10,13H2,1-2H3,(H,24,25,29)/t14-,16+/m0/s1. The molecule has 1 saturated heterocycles. The number of nitrogens with one attached hydrogen (secondary N) is 1. The summed E-state index contributed by atoms with van der Waals surface area (Å²) in [4.78, 5) is 30.6. The molecule has 3 heterocycles. The Morgan fingerprint density at radius 3 is 2.69 bits per heavy atom. The van der Waals surface area contributed by atoms with Gasteiger partial charge >= 0.3 is 0 Å². The fourth-order valence-electron chi connectivity index (χ4n) is 4.45. The number of rotatable bonds is 4. The Morgan fingerprint density at radius 2 is 2.00 bits per heavy atom. The summed E-state index contributed by atoms with van der Waals surface area (Å²) in [5.41, 5.74) is 1.60. The van der Waals surface area contributed by atoms with Crippen molar-refractivity contribution in [1.82, 2.24) is 9.29 Å². The van der Waals surface area contributed by atoms with E-state index >= 15 is 0 Å². The molecule has 1 N–H and O–H groups in total. The molecule has 8 nitrogen and oxygen atoms in total. The van der Waals surface area contributed by atoms with Gasteiger partial charge in [0.05, 0.1) is 15.8 Å². The lowest BCUT2D eigenvalue weighted by Crippen LogP contribution is -2.43. The van der Waals surface area contributed by atoms with E-state index in [-0.39, 0.29) is 29.3 Å². The normalized spacial score (nSPS) is 21.3. The van der Waals surface area contributed by atoms with E-state index < -0.39 is 15.9 Å². The average molecular weight is 477 g/mol.